The summed E-state index contributed by atoms with van der Waals surface area (Å²) in [4.78, 5) is 14.2. The number of nitrogens with zero attached hydrogens (tertiary/aromatic N) is 1. The van der Waals surface area contributed by atoms with Gasteiger partial charge in [0.2, 0.25) is 0 Å². The molecular formula is C8H10N2O. The number of allylic oxidation sites excluding steroid dienone is 2. The Balaban J connectivity index is 3.10. The van der Waals surface area contributed by atoms with Gasteiger partial charge in [-0.2, -0.15) is 0 Å². The van der Waals surface area contributed by atoms with Gasteiger partial charge in [-0.1, -0.05) is 6.92 Å². The second-order valence-corrected chi connectivity index (χ2v) is 2.61. The smallest absolute Gasteiger partial charge is 0.130 e. The van der Waals surface area contributed by atoms with Crippen LogP contribution in [-0.2, 0) is 4.79 Å². The van der Waals surface area contributed by atoms with Gasteiger partial charge in [0.25, 0.3) is 0 Å². The van der Waals surface area contributed by atoms with Crippen molar-refractivity contribution in [1.82, 2.24) is 0 Å². The number of aliphatic imine (C=N–C) groups is 1. The third-order valence-corrected chi connectivity index (χ3v) is 1.98. The van der Waals surface area contributed by atoms with E-state index in [9.17, 15) is 4.79 Å². The fourth-order valence-corrected chi connectivity index (χ4v) is 0.923. The SMILES string of the molecule is CC1=C(N)N=CC(=C=O)C1C. The summed E-state index contributed by atoms with van der Waals surface area (Å²) in [5.41, 5.74) is 7.03. The predicted octanol–water partition coefficient (Wildman–Crippen LogP) is 0.655. The zero-order valence-corrected chi connectivity index (χ0v) is 6.59. The van der Waals surface area contributed by atoms with Gasteiger partial charge < -0.3 is 5.73 Å². The highest BCUT2D eigenvalue weighted by Gasteiger charge is 2.16. The Morgan fingerprint density at radius 2 is 2.36 bits per heavy atom. The first kappa shape index (κ1) is 7.76. The Hall–Kier alpha value is -1.34. The third kappa shape index (κ3) is 1.23. The summed E-state index contributed by atoms with van der Waals surface area (Å²) in [7, 11) is 0. The maximum Gasteiger partial charge on any atom is 0.130 e. The van der Waals surface area contributed by atoms with Crippen molar-refractivity contribution >= 4 is 12.2 Å². The zero-order chi connectivity index (χ0) is 8.43. The van der Waals surface area contributed by atoms with Crippen LogP contribution in [0, 0.1) is 5.92 Å². The fraction of sp³-hybridized carbons (Fsp3) is 0.375. The molecule has 1 rings (SSSR count). The number of hydrogen-bond acceptors (Lipinski definition) is 3. The van der Waals surface area contributed by atoms with Gasteiger partial charge in [-0.3, -0.25) is 0 Å². The molecule has 0 fully saturated rings. The van der Waals surface area contributed by atoms with Crippen molar-refractivity contribution in [1.29, 1.82) is 0 Å². The largest absolute Gasteiger partial charge is 0.384 e. The molecule has 3 nitrogen and oxygen atoms in total. The number of carbonyl (C=O) groups excluding carboxylic acids is 1. The van der Waals surface area contributed by atoms with Gasteiger partial charge in [0.05, 0.1) is 5.57 Å². The summed E-state index contributed by atoms with van der Waals surface area (Å²) in [5.74, 6) is 2.40. The molecule has 0 aromatic heterocycles. The lowest BCUT2D eigenvalue weighted by Crippen LogP contribution is -2.14. The highest BCUT2D eigenvalue weighted by Crippen LogP contribution is 2.21. The predicted molar refractivity (Wildman–Crippen MR) is 43.7 cm³/mol. The molecule has 3 heteroatoms. The minimum atomic E-state index is 0.0602. The molecule has 0 spiro atoms. The van der Waals surface area contributed by atoms with Gasteiger partial charge in [-0.15, -0.1) is 0 Å². The van der Waals surface area contributed by atoms with Crippen molar-refractivity contribution in [3.63, 3.8) is 0 Å². The first-order chi connectivity index (χ1) is 5.16. The van der Waals surface area contributed by atoms with Crippen LogP contribution < -0.4 is 5.73 Å². The number of hydrogen-bond donors (Lipinski definition) is 1. The Kier molecular flexibility index (Phi) is 1.92. The normalized spacial score (nSPS) is 23.8. The molecule has 0 aromatic carbocycles. The maximum absolute atomic E-state index is 10.3. The van der Waals surface area contributed by atoms with Gasteiger partial charge in [-0.25, -0.2) is 9.79 Å². The average Bonchev–Trinajstić information content (AvgIpc) is 2.01. The average molecular weight is 150 g/mol. The van der Waals surface area contributed by atoms with Crippen molar-refractivity contribution in [3.05, 3.63) is 17.0 Å². The van der Waals surface area contributed by atoms with Gasteiger partial charge in [0.1, 0.15) is 11.8 Å². The molecule has 1 unspecified atom stereocenters. The Morgan fingerprint density at radius 3 is 2.91 bits per heavy atom. The molecule has 0 saturated heterocycles. The van der Waals surface area contributed by atoms with Gasteiger partial charge in [0, 0.05) is 12.1 Å². The Morgan fingerprint density at radius 1 is 1.73 bits per heavy atom. The third-order valence-electron chi connectivity index (χ3n) is 1.98. The van der Waals surface area contributed by atoms with Crippen LogP contribution in [0.3, 0.4) is 0 Å². The second kappa shape index (κ2) is 2.72. The van der Waals surface area contributed by atoms with E-state index in [2.05, 4.69) is 4.99 Å². The van der Waals surface area contributed by atoms with Crippen LogP contribution in [0.1, 0.15) is 13.8 Å². The molecule has 1 aliphatic rings. The van der Waals surface area contributed by atoms with E-state index in [0.29, 0.717) is 11.4 Å². The van der Waals surface area contributed by atoms with Crippen LogP contribution in [0.4, 0.5) is 0 Å². The first-order valence-corrected chi connectivity index (χ1v) is 3.42. The van der Waals surface area contributed by atoms with Crippen molar-refractivity contribution in [2.45, 2.75) is 13.8 Å². The van der Waals surface area contributed by atoms with Crippen LogP contribution in [0.15, 0.2) is 22.0 Å². The van der Waals surface area contributed by atoms with E-state index in [4.69, 9.17) is 5.73 Å². The maximum atomic E-state index is 10.3. The summed E-state index contributed by atoms with van der Waals surface area (Å²) in [6.07, 6.45) is 1.47. The number of rotatable bonds is 0. The zero-order valence-electron chi connectivity index (χ0n) is 6.59. The quantitative estimate of drug-likeness (QED) is 0.515. The highest BCUT2D eigenvalue weighted by atomic mass is 16.1. The van der Waals surface area contributed by atoms with E-state index in [1.165, 1.54) is 6.21 Å². The lowest BCUT2D eigenvalue weighted by molar-refractivity contribution is 0.565. The Labute approximate surface area is 65.3 Å². The molecule has 0 bridgehead atoms. The summed E-state index contributed by atoms with van der Waals surface area (Å²) in [5, 5.41) is 0. The standard InChI is InChI=1S/C8H10N2O/c1-5-6(2)8(9)10-3-7(5)4-11/h3,5H,9H2,1-2H3. The number of nitrogens with two attached hydrogens (primary N) is 1. The van der Waals surface area contributed by atoms with Gasteiger partial charge >= 0.3 is 0 Å². The fourth-order valence-electron chi connectivity index (χ4n) is 0.923. The summed E-state index contributed by atoms with van der Waals surface area (Å²) >= 11 is 0. The molecule has 1 atom stereocenters. The van der Waals surface area contributed by atoms with Crippen LogP contribution in [0.5, 0.6) is 0 Å². The summed E-state index contributed by atoms with van der Waals surface area (Å²) in [6.45, 7) is 3.78. The lowest BCUT2D eigenvalue weighted by Gasteiger charge is -2.15. The van der Waals surface area contributed by atoms with Crippen LogP contribution in [-0.4, -0.2) is 12.2 Å². The van der Waals surface area contributed by atoms with E-state index in [-0.39, 0.29) is 5.92 Å². The minimum Gasteiger partial charge on any atom is -0.384 e. The molecule has 0 radical (unpaired) electrons. The van der Waals surface area contributed by atoms with Crippen LogP contribution in [0.25, 0.3) is 0 Å². The van der Waals surface area contributed by atoms with Crippen molar-refractivity contribution in [2.24, 2.45) is 16.6 Å². The molecule has 58 valence electrons. The van der Waals surface area contributed by atoms with Gasteiger partial charge in [-0.05, 0) is 12.5 Å². The van der Waals surface area contributed by atoms with Crippen molar-refractivity contribution < 1.29 is 4.79 Å². The molecule has 2 N–H and O–H groups in total. The summed E-state index contributed by atoms with van der Waals surface area (Å²) in [6, 6.07) is 0. The molecule has 0 aromatic rings. The molecular weight excluding hydrogens is 140 g/mol. The Bertz CT molecular complexity index is 282. The monoisotopic (exact) mass is 150 g/mol. The molecule has 1 aliphatic heterocycles. The topological polar surface area (TPSA) is 55.4 Å². The van der Waals surface area contributed by atoms with E-state index < -0.39 is 0 Å². The van der Waals surface area contributed by atoms with E-state index in [1.807, 2.05) is 19.8 Å². The molecule has 0 aliphatic carbocycles. The second-order valence-electron chi connectivity index (χ2n) is 2.61. The van der Waals surface area contributed by atoms with E-state index >= 15 is 0 Å². The molecule has 11 heavy (non-hydrogen) atoms. The lowest BCUT2D eigenvalue weighted by atomic mass is 9.94. The van der Waals surface area contributed by atoms with Crippen LogP contribution in [0.2, 0.25) is 0 Å². The first-order valence-electron chi connectivity index (χ1n) is 3.42. The van der Waals surface area contributed by atoms with E-state index in [1.54, 1.807) is 0 Å². The van der Waals surface area contributed by atoms with Crippen LogP contribution >= 0.6 is 0 Å². The minimum absolute atomic E-state index is 0.0602. The highest BCUT2D eigenvalue weighted by molar-refractivity contribution is 5.92. The van der Waals surface area contributed by atoms with E-state index in [0.717, 1.165) is 5.57 Å². The summed E-state index contributed by atoms with van der Waals surface area (Å²) < 4.78 is 0. The molecule has 0 amide bonds. The van der Waals surface area contributed by atoms with Crippen molar-refractivity contribution in [2.75, 3.05) is 0 Å². The van der Waals surface area contributed by atoms with Gasteiger partial charge in [0.15, 0.2) is 0 Å². The molecule has 1 heterocycles. The molecule has 0 saturated carbocycles. The van der Waals surface area contributed by atoms with Crippen molar-refractivity contribution in [3.8, 4) is 0 Å².